The number of rotatable bonds is 9. The van der Waals surface area contributed by atoms with Crippen molar-refractivity contribution in [3.8, 4) is 0 Å². The van der Waals surface area contributed by atoms with Gasteiger partial charge in [0.25, 0.3) is 17.5 Å². The van der Waals surface area contributed by atoms with E-state index in [4.69, 9.17) is 4.74 Å². The predicted octanol–water partition coefficient (Wildman–Crippen LogP) is 3.21. The zero-order chi connectivity index (χ0) is 22.2. The number of carbonyl (C=O) groups excluding carboxylic acids is 2. The molecule has 1 aliphatic rings. The second-order valence-corrected chi connectivity index (χ2v) is 7.29. The van der Waals surface area contributed by atoms with Crippen molar-refractivity contribution in [2.45, 2.75) is 19.3 Å². The molecule has 0 spiro atoms. The number of nitro groups is 1. The van der Waals surface area contributed by atoms with E-state index in [9.17, 15) is 19.7 Å². The SMILES string of the molecule is COCCCNC(=O)c1cc(NC(=O)c2ccc([N+](=O)[O-])cc2)ccc1N1CCCC1. The van der Waals surface area contributed by atoms with Crippen LogP contribution in [0.25, 0.3) is 0 Å². The number of nitrogens with zero attached hydrogens (tertiary/aromatic N) is 2. The van der Waals surface area contributed by atoms with Crippen LogP contribution in [-0.2, 0) is 4.74 Å². The normalized spacial score (nSPS) is 13.1. The van der Waals surface area contributed by atoms with Crippen LogP contribution in [0.15, 0.2) is 42.5 Å². The molecule has 1 heterocycles. The molecule has 0 saturated carbocycles. The second-order valence-electron chi connectivity index (χ2n) is 7.29. The minimum Gasteiger partial charge on any atom is -0.385 e. The van der Waals surface area contributed by atoms with Crippen LogP contribution in [0.1, 0.15) is 40.0 Å². The summed E-state index contributed by atoms with van der Waals surface area (Å²) in [4.78, 5) is 37.8. The van der Waals surface area contributed by atoms with E-state index in [0.717, 1.165) is 31.6 Å². The van der Waals surface area contributed by atoms with E-state index in [1.165, 1.54) is 24.3 Å². The lowest BCUT2D eigenvalue weighted by atomic mass is 10.1. The summed E-state index contributed by atoms with van der Waals surface area (Å²) in [6, 6.07) is 10.6. The van der Waals surface area contributed by atoms with Gasteiger partial charge in [-0.15, -0.1) is 0 Å². The number of nitro benzene ring substituents is 1. The predicted molar refractivity (Wildman–Crippen MR) is 118 cm³/mol. The van der Waals surface area contributed by atoms with Gasteiger partial charge >= 0.3 is 0 Å². The maximum Gasteiger partial charge on any atom is 0.269 e. The monoisotopic (exact) mass is 426 g/mol. The van der Waals surface area contributed by atoms with E-state index in [-0.39, 0.29) is 11.6 Å². The Morgan fingerprint density at radius 2 is 1.81 bits per heavy atom. The number of methoxy groups -OCH3 is 1. The van der Waals surface area contributed by atoms with Gasteiger partial charge in [-0.05, 0) is 49.6 Å². The zero-order valence-electron chi connectivity index (χ0n) is 17.4. The summed E-state index contributed by atoms with van der Waals surface area (Å²) in [6.45, 7) is 2.83. The quantitative estimate of drug-likeness (QED) is 0.362. The molecular formula is C22H26N4O5. The molecule has 0 bridgehead atoms. The van der Waals surface area contributed by atoms with Gasteiger partial charge in [0.15, 0.2) is 0 Å². The molecule has 2 N–H and O–H groups in total. The summed E-state index contributed by atoms with van der Waals surface area (Å²) in [7, 11) is 1.62. The average molecular weight is 426 g/mol. The van der Waals surface area contributed by atoms with Crippen LogP contribution >= 0.6 is 0 Å². The van der Waals surface area contributed by atoms with Crippen LogP contribution in [0.2, 0.25) is 0 Å². The largest absolute Gasteiger partial charge is 0.385 e. The average Bonchev–Trinajstić information content (AvgIpc) is 3.31. The third-order valence-electron chi connectivity index (χ3n) is 5.10. The van der Waals surface area contributed by atoms with Crippen molar-refractivity contribution in [2.75, 3.05) is 43.6 Å². The Morgan fingerprint density at radius 1 is 1.10 bits per heavy atom. The van der Waals surface area contributed by atoms with E-state index in [2.05, 4.69) is 15.5 Å². The summed E-state index contributed by atoms with van der Waals surface area (Å²) in [5, 5.41) is 16.5. The highest BCUT2D eigenvalue weighted by molar-refractivity contribution is 6.06. The van der Waals surface area contributed by atoms with Gasteiger partial charge in [-0.3, -0.25) is 19.7 Å². The number of benzene rings is 2. The highest BCUT2D eigenvalue weighted by Crippen LogP contribution is 2.28. The first-order chi connectivity index (χ1) is 15.0. The molecule has 0 aromatic heterocycles. The molecule has 2 aromatic carbocycles. The molecule has 1 aliphatic heterocycles. The maximum absolute atomic E-state index is 12.8. The maximum atomic E-state index is 12.8. The smallest absolute Gasteiger partial charge is 0.269 e. The molecule has 9 heteroatoms. The fourth-order valence-corrected chi connectivity index (χ4v) is 3.48. The van der Waals surface area contributed by atoms with Crippen LogP contribution in [-0.4, -0.2) is 50.1 Å². The van der Waals surface area contributed by atoms with E-state index >= 15 is 0 Å². The number of hydrogen-bond acceptors (Lipinski definition) is 6. The summed E-state index contributed by atoms with van der Waals surface area (Å²) < 4.78 is 5.02. The molecule has 2 aromatic rings. The summed E-state index contributed by atoms with van der Waals surface area (Å²) in [6.07, 6.45) is 2.86. The van der Waals surface area contributed by atoms with E-state index in [1.807, 2.05) is 6.07 Å². The Bertz CT molecular complexity index is 939. The standard InChI is InChI=1S/C22H26N4O5/c1-31-14-4-11-23-22(28)19-15-17(7-10-20(19)25-12-2-3-13-25)24-21(27)16-5-8-18(9-6-16)26(29)30/h5-10,15H,2-4,11-14H2,1H3,(H,23,28)(H,24,27). The molecule has 0 unspecified atom stereocenters. The van der Waals surface area contributed by atoms with Crippen molar-refractivity contribution in [2.24, 2.45) is 0 Å². The Hall–Kier alpha value is -3.46. The van der Waals surface area contributed by atoms with Crippen LogP contribution < -0.4 is 15.5 Å². The van der Waals surface area contributed by atoms with Crippen molar-refractivity contribution in [3.05, 3.63) is 63.7 Å². The molecule has 1 saturated heterocycles. The van der Waals surface area contributed by atoms with Gasteiger partial charge in [-0.25, -0.2) is 0 Å². The minimum atomic E-state index is -0.518. The van der Waals surface area contributed by atoms with Crippen LogP contribution in [0.3, 0.4) is 0 Å². The van der Waals surface area contributed by atoms with Gasteiger partial charge in [0.2, 0.25) is 0 Å². The first kappa shape index (κ1) is 22.2. The number of non-ortho nitro benzene ring substituents is 1. The number of ether oxygens (including phenoxy) is 1. The number of amides is 2. The molecule has 2 amide bonds. The molecule has 164 valence electrons. The van der Waals surface area contributed by atoms with E-state index in [1.54, 1.807) is 19.2 Å². The van der Waals surface area contributed by atoms with Crippen molar-refractivity contribution in [1.82, 2.24) is 5.32 Å². The molecular weight excluding hydrogens is 400 g/mol. The lowest BCUT2D eigenvalue weighted by molar-refractivity contribution is -0.384. The lowest BCUT2D eigenvalue weighted by Crippen LogP contribution is -2.29. The molecule has 9 nitrogen and oxygen atoms in total. The first-order valence-corrected chi connectivity index (χ1v) is 10.2. The Labute approximate surface area is 180 Å². The molecule has 0 atom stereocenters. The van der Waals surface area contributed by atoms with Gasteiger partial charge in [0, 0.05) is 62.4 Å². The highest BCUT2D eigenvalue weighted by Gasteiger charge is 2.20. The lowest BCUT2D eigenvalue weighted by Gasteiger charge is -2.22. The molecule has 31 heavy (non-hydrogen) atoms. The van der Waals surface area contributed by atoms with Crippen LogP contribution in [0.5, 0.6) is 0 Å². The van der Waals surface area contributed by atoms with Crippen molar-refractivity contribution in [3.63, 3.8) is 0 Å². The van der Waals surface area contributed by atoms with Gasteiger partial charge in [0.05, 0.1) is 10.5 Å². The minimum absolute atomic E-state index is 0.0843. The summed E-state index contributed by atoms with van der Waals surface area (Å²) >= 11 is 0. The van der Waals surface area contributed by atoms with Gasteiger partial charge in [-0.2, -0.15) is 0 Å². The topological polar surface area (TPSA) is 114 Å². The first-order valence-electron chi connectivity index (χ1n) is 10.2. The van der Waals surface area contributed by atoms with Crippen LogP contribution in [0, 0.1) is 10.1 Å². The van der Waals surface area contributed by atoms with Crippen molar-refractivity contribution in [1.29, 1.82) is 0 Å². The highest BCUT2D eigenvalue weighted by atomic mass is 16.6. The summed E-state index contributed by atoms with van der Waals surface area (Å²) in [5.41, 5.74) is 2.03. The molecule has 0 radical (unpaired) electrons. The number of hydrogen-bond donors (Lipinski definition) is 2. The summed E-state index contributed by atoms with van der Waals surface area (Å²) in [5.74, 6) is -0.611. The number of nitrogens with one attached hydrogen (secondary N) is 2. The fourth-order valence-electron chi connectivity index (χ4n) is 3.48. The van der Waals surface area contributed by atoms with Gasteiger partial charge in [0.1, 0.15) is 0 Å². The van der Waals surface area contributed by atoms with E-state index in [0.29, 0.717) is 36.4 Å². The zero-order valence-corrected chi connectivity index (χ0v) is 17.4. The van der Waals surface area contributed by atoms with Crippen LogP contribution in [0.4, 0.5) is 17.1 Å². The third kappa shape index (κ3) is 5.79. The second kappa shape index (κ2) is 10.5. The molecule has 1 fully saturated rings. The molecule has 0 aliphatic carbocycles. The fraction of sp³-hybridized carbons (Fsp3) is 0.364. The Balaban J connectivity index is 1.77. The third-order valence-corrected chi connectivity index (χ3v) is 5.10. The van der Waals surface area contributed by atoms with E-state index < -0.39 is 10.8 Å². The van der Waals surface area contributed by atoms with Crippen molar-refractivity contribution >= 4 is 28.9 Å². The van der Waals surface area contributed by atoms with Gasteiger partial charge < -0.3 is 20.3 Å². The van der Waals surface area contributed by atoms with Crippen molar-refractivity contribution < 1.29 is 19.2 Å². The Kier molecular flexibility index (Phi) is 7.55. The Morgan fingerprint density at radius 3 is 2.45 bits per heavy atom. The number of carbonyl (C=O) groups is 2. The van der Waals surface area contributed by atoms with Gasteiger partial charge in [-0.1, -0.05) is 0 Å². The number of anilines is 2. The molecule has 3 rings (SSSR count).